The molecule has 12 heavy (non-hydrogen) atoms. The minimum atomic E-state index is 0.498. The summed E-state index contributed by atoms with van der Waals surface area (Å²) in [5, 5.41) is 3.57. The SMILES string of the molecule is CC1CC(C)[C@H]2NCCO[C@H]2C1. The minimum absolute atomic E-state index is 0.498. The van der Waals surface area contributed by atoms with E-state index < -0.39 is 0 Å². The van der Waals surface area contributed by atoms with Crippen molar-refractivity contribution in [1.29, 1.82) is 0 Å². The summed E-state index contributed by atoms with van der Waals surface area (Å²) < 4.78 is 5.76. The van der Waals surface area contributed by atoms with Crippen LogP contribution in [-0.2, 0) is 4.74 Å². The van der Waals surface area contributed by atoms with Gasteiger partial charge in [-0.3, -0.25) is 0 Å². The lowest BCUT2D eigenvalue weighted by Gasteiger charge is -2.42. The third kappa shape index (κ3) is 1.50. The lowest BCUT2D eigenvalue weighted by molar-refractivity contribution is -0.0527. The molecule has 0 aromatic heterocycles. The maximum absolute atomic E-state index is 5.76. The van der Waals surface area contributed by atoms with Crippen molar-refractivity contribution in [1.82, 2.24) is 5.32 Å². The molecule has 2 nitrogen and oxygen atoms in total. The van der Waals surface area contributed by atoms with Gasteiger partial charge < -0.3 is 10.1 Å². The highest BCUT2D eigenvalue weighted by Gasteiger charge is 2.35. The Morgan fingerprint density at radius 1 is 1.25 bits per heavy atom. The molecule has 0 bridgehead atoms. The molecular weight excluding hydrogens is 150 g/mol. The van der Waals surface area contributed by atoms with E-state index in [9.17, 15) is 0 Å². The minimum Gasteiger partial charge on any atom is -0.375 e. The van der Waals surface area contributed by atoms with E-state index in [4.69, 9.17) is 4.74 Å². The highest BCUT2D eigenvalue weighted by molar-refractivity contribution is 4.90. The first-order valence-corrected chi connectivity index (χ1v) is 5.12. The van der Waals surface area contributed by atoms with Gasteiger partial charge in [-0.1, -0.05) is 13.8 Å². The predicted octanol–water partition coefficient (Wildman–Crippen LogP) is 1.41. The molecule has 70 valence electrons. The zero-order valence-corrected chi connectivity index (χ0v) is 8.05. The molecular formula is C10H19NO. The van der Waals surface area contributed by atoms with Crippen molar-refractivity contribution < 1.29 is 4.74 Å². The van der Waals surface area contributed by atoms with Crippen LogP contribution in [0.1, 0.15) is 26.7 Å². The van der Waals surface area contributed by atoms with Crippen molar-refractivity contribution in [3.8, 4) is 0 Å². The topological polar surface area (TPSA) is 21.3 Å². The van der Waals surface area contributed by atoms with Crippen LogP contribution in [0.3, 0.4) is 0 Å². The average Bonchev–Trinajstić information content (AvgIpc) is 2.04. The van der Waals surface area contributed by atoms with Gasteiger partial charge in [-0.25, -0.2) is 0 Å². The van der Waals surface area contributed by atoms with Crippen LogP contribution in [0.4, 0.5) is 0 Å². The molecule has 0 radical (unpaired) electrons. The normalized spacial score (nSPS) is 48.5. The Morgan fingerprint density at radius 2 is 2.08 bits per heavy atom. The summed E-state index contributed by atoms with van der Waals surface area (Å²) in [6.07, 6.45) is 3.11. The fourth-order valence-electron chi connectivity index (χ4n) is 2.73. The highest BCUT2D eigenvalue weighted by Crippen LogP contribution is 2.31. The van der Waals surface area contributed by atoms with Crippen LogP contribution in [0.2, 0.25) is 0 Å². The Balaban J connectivity index is 2.01. The van der Waals surface area contributed by atoms with Gasteiger partial charge >= 0.3 is 0 Å². The van der Waals surface area contributed by atoms with Gasteiger partial charge in [0.05, 0.1) is 12.7 Å². The predicted molar refractivity (Wildman–Crippen MR) is 49.1 cm³/mol. The molecule has 2 heteroatoms. The molecule has 0 amide bonds. The molecule has 0 aromatic carbocycles. The quantitative estimate of drug-likeness (QED) is 0.592. The fourth-order valence-corrected chi connectivity index (χ4v) is 2.73. The molecule has 4 atom stereocenters. The van der Waals surface area contributed by atoms with Crippen LogP contribution in [-0.4, -0.2) is 25.3 Å². The van der Waals surface area contributed by atoms with Gasteiger partial charge in [0.2, 0.25) is 0 Å². The maximum Gasteiger partial charge on any atom is 0.0733 e. The van der Waals surface area contributed by atoms with Gasteiger partial charge in [0.15, 0.2) is 0 Å². The van der Waals surface area contributed by atoms with Crippen LogP contribution in [0.5, 0.6) is 0 Å². The molecule has 1 saturated carbocycles. The van der Waals surface area contributed by atoms with Crippen molar-refractivity contribution in [2.75, 3.05) is 13.2 Å². The Bertz CT molecular complexity index is 160. The number of hydrogen-bond acceptors (Lipinski definition) is 2. The Labute approximate surface area is 74.7 Å². The molecule has 0 spiro atoms. The van der Waals surface area contributed by atoms with Gasteiger partial charge in [0.25, 0.3) is 0 Å². The fraction of sp³-hybridized carbons (Fsp3) is 1.00. The number of morpholine rings is 1. The third-order valence-corrected chi connectivity index (χ3v) is 3.24. The van der Waals surface area contributed by atoms with Gasteiger partial charge in [0, 0.05) is 12.6 Å². The van der Waals surface area contributed by atoms with E-state index in [-0.39, 0.29) is 0 Å². The molecule has 0 aromatic rings. The van der Waals surface area contributed by atoms with Gasteiger partial charge in [0.1, 0.15) is 0 Å². The Morgan fingerprint density at radius 3 is 2.92 bits per heavy atom. The molecule has 2 unspecified atom stereocenters. The number of rotatable bonds is 0. The molecule has 1 saturated heterocycles. The van der Waals surface area contributed by atoms with Gasteiger partial charge in [-0.05, 0) is 24.7 Å². The Kier molecular flexibility index (Phi) is 2.37. The monoisotopic (exact) mass is 169 g/mol. The van der Waals surface area contributed by atoms with Crippen molar-refractivity contribution >= 4 is 0 Å². The van der Waals surface area contributed by atoms with E-state index >= 15 is 0 Å². The molecule has 1 aliphatic heterocycles. The first kappa shape index (κ1) is 8.52. The average molecular weight is 169 g/mol. The summed E-state index contributed by atoms with van der Waals surface area (Å²) in [6.45, 7) is 6.63. The van der Waals surface area contributed by atoms with Gasteiger partial charge in [-0.15, -0.1) is 0 Å². The summed E-state index contributed by atoms with van der Waals surface area (Å²) in [7, 11) is 0. The standard InChI is InChI=1S/C10H19NO/c1-7-5-8(2)10-9(6-7)12-4-3-11-10/h7-11H,3-6H2,1-2H3/t7?,8?,9-,10+/m0/s1. The van der Waals surface area contributed by atoms with Crippen LogP contribution >= 0.6 is 0 Å². The lowest BCUT2D eigenvalue weighted by Crippen LogP contribution is -2.54. The molecule has 2 rings (SSSR count). The first-order chi connectivity index (χ1) is 5.77. The third-order valence-electron chi connectivity index (χ3n) is 3.24. The largest absolute Gasteiger partial charge is 0.375 e. The van der Waals surface area contributed by atoms with Crippen LogP contribution in [0, 0.1) is 11.8 Å². The highest BCUT2D eigenvalue weighted by atomic mass is 16.5. The zero-order chi connectivity index (χ0) is 8.55. The molecule has 2 fully saturated rings. The molecule has 1 heterocycles. The van der Waals surface area contributed by atoms with E-state index in [1.807, 2.05) is 0 Å². The molecule has 1 N–H and O–H groups in total. The van der Waals surface area contributed by atoms with E-state index in [0.29, 0.717) is 12.1 Å². The van der Waals surface area contributed by atoms with E-state index in [2.05, 4.69) is 19.2 Å². The summed E-state index contributed by atoms with van der Waals surface area (Å²) in [5.74, 6) is 1.64. The second kappa shape index (κ2) is 3.35. The van der Waals surface area contributed by atoms with Crippen molar-refractivity contribution in [2.45, 2.75) is 38.8 Å². The molecule has 1 aliphatic carbocycles. The van der Waals surface area contributed by atoms with Crippen molar-refractivity contribution in [3.63, 3.8) is 0 Å². The number of fused-ring (bicyclic) bond motifs is 1. The van der Waals surface area contributed by atoms with Crippen LogP contribution in [0.25, 0.3) is 0 Å². The summed E-state index contributed by atoms with van der Waals surface area (Å²) >= 11 is 0. The van der Waals surface area contributed by atoms with E-state index in [1.54, 1.807) is 0 Å². The number of nitrogens with one attached hydrogen (secondary N) is 1. The number of hydrogen-bond donors (Lipinski definition) is 1. The van der Waals surface area contributed by atoms with Crippen LogP contribution < -0.4 is 5.32 Å². The zero-order valence-electron chi connectivity index (χ0n) is 8.05. The van der Waals surface area contributed by atoms with E-state index in [0.717, 1.165) is 25.0 Å². The molecule has 2 aliphatic rings. The van der Waals surface area contributed by atoms with Crippen molar-refractivity contribution in [2.24, 2.45) is 11.8 Å². The van der Waals surface area contributed by atoms with Crippen LogP contribution in [0.15, 0.2) is 0 Å². The maximum atomic E-state index is 5.76. The van der Waals surface area contributed by atoms with Gasteiger partial charge in [-0.2, -0.15) is 0 Å². The summed E-state index contributed by atoms with van der Waals surface area (Å²) in [4.78, 5) is 0. The lowest BCUT2D eigenvalue weighted by atomic mass is 9.77. The second-order valence-corrected chi connectivity index (χ2v) is 4.44. The first-order valence-electron chi connectivity index (χ1n) is 5.12. The summed E-state index contributed by atoms with van der Waals surface area (Å²) in [5.41, 5.74) is 0. The smallest absolute Gasteiger partial charge is 0.0733 e. The second-order valence-electron chi connectivity index (χ2n) is 4.44. The number of ether oxygens (including phenoxy) is 1. The Hall–Kier alpha value is -0.0800. The van der Waals surface area contributed by atoms with E-state index in [1.165, 1.54) is 12.8 Å². The summed E-state index contributed by atoms with van der Waals surface area (Å²) in [6, 6.07) is 0.634. The van der Waals surface area contributed by atoms with Crippen molar-refractivity contribution in [3.05, 3.63) is 0 Å².